The lowest BCUT2D eigenvalue weighted by Crippen LogP contribution is -2.65. The maximum atomic E-state index is 11.9. The highest BCUT2D eigenvalue weighted by Gasteiger charge is 2.38. The number of hydrogen-bond acceptors (Lipinski definition) is 5. The van der Waals surface area contributed by atoms with Gasteiger partial charge < -0.3 is 10.2 Å². The van der Waals surface area contributed by atoms with Crippen molar-refractivity contribution in [2.75, 3.05) is 13.1 Å². The highest BCUT2D eigenvalue weighted by Crippen LogP contribution is 2.16. The first-order valence-corrected chi connectivity index (χ1v) is 6.78. The lowest BCUT2D eigenvalue weighted by atomic mass is 10.1. The first kappa shape index (κ1) is 13.5. The predicted molar refractivity (Wildman–Crippen MR) is 74.9 cm³/mol. The van der Waals surface area contributed by atoms with E-state index in [4.69, 9.17) is 0 Å². The molecule has 0 unspecified atom stereocenters. The molecule has 0 bridgehead atoms. The normalized spacial score (nSPS) is 23.6. The summed E-state index contributed by atoms with van der Waals surface area (Å²) in [6, 6.07) is 1.34. The molecule has 2 amide bonds. The second kappa shape index (κ2) is 5.12. The van der Waals surface area contributed by atoms with Crippen molar-refractivity contribution < 1.29 is 9.59 Å². The number of carbonyl (C=O) groups is 2. The van der Waals surface area contributed by atoms with Crippen LogP contribution in [0.2, 0.25) is 0 Å². The van der Waals surface area contributed by atoms with E-state index in [9.17, 15) is 9.59 Å². The molecule has 0 aromatic carbocycles. The fourth-order valence-electron chi connectivity index (χ4n) is 2.54. The molecule has 8 nitrogen and oxygen atoms in total. The summed E-state index contributed by atoms with van der Waals surface area (Å²) < 4.78 is 0. The Hall–Kier alpha value is -2.51. The van der Waals surface area contributed by atoms with Crippen molar-refractivity contribution in [3.05, 3.63) is 17.5 Å². The SMILES string of the molecule is Cc1cc(C)nc(/N=C2\NC(=O)C[C@@H]3C(=O)NCCN23)n1. The van der Waals surface area contributed by atoms with Gasteiger partial charge in [-0.15, -0.1) is 0 Å². The zero-order chi connectivity index (χ0) is 15.0. The average molecular weight is 288 g/mol. The molecule has 3 rings (SSSR count). The maximum Gasteiger partial charge on any atom is 0.253 e. The van der Waals surface area contributed by atoms with Crippen molar-refractivity contribution in [1.82, 2.24) is 25.5 Å². The predicted octanol–water partition coefficient (Wildman–Crippen LogP) is -0.599. The van der Waals surface area contributed by atoms with Gasteiger partial charge in [0.05, 0.1) is 6.42 Å². The van der Waals surface area contributed by atoms with Gasteiger partial charge in [0, 0.05) is 24.5 Å². The van der Waals surface area contributed by atoms with Gasteiger partial charge in [-0.25, -0.2) is 9.97 Å². The second-order valence-corrected chi connectivity index (χ2v) is 5.14. The number of aryl methyl sites for hydroxylation is 2. The van der Waals surface area contributed by atoms with Gasteiger partial charge in [-0.1, -0.05) is 0 Å². The molecular formula is C13H16N6O2. The van der Waals surface area contributed by atoms with Crippen LogP contribution in [0.4, 0.5) is 5.95 Å². The summed E-state index contributed by atoms with van der Waals surface area (Å²) in [6.45, 7) is 4.84. The summed E-state index contributed by atoms with van der Waals surface area (Å²) >= 11 is 0. The van der Waals surface area contributed by atoms with Crippen LogP contribution in [0.1, 0.15) is 17.8 Å². The van der Waals surface area contributed by atoms with E-state index in [0.717, 1.165) is 11.4 Å². The van der Waals surface area contributed by atoms with Gasteiger partial charge in [-0.05, 0) is 19.9 Å². The first-order chi connectivity index (χ1) is 10.0. The molecule has 2 saturated heterocycles. The Morgan fingerprint density at radius 3 is 2.71 bits per heavy atom. The monoisotopic (exact) mass is 288 g/mol. The number of rotatable bonds is 1. The van der Waals surface area contributed by atoms with E-state index in [-0.39, 0.29) is 24.2 Å². The van der Waals surface area contributed by atoms with Crippen LogP contribution < -0.4 is 10.6 Å². The zero-order valence-electron chi connectivity index (χ0n) is 11.9. The van der Waals surface area contributed by atoms with E-state index < -0.39 is 6.04 Å². The fourth-order valence-corrected chi connectivity index (χ4v) is 2.54. The summed E-state index contributed by atoms with van der Waals surface area (Å²) in [5, 5.41) is 5.46. The van der Waals surface area contributed by atoms with Gasteiger partial charge in [0.25, 0.3) is 5.95 Å². The molecule has 1 atom stereocenters. The minimum atomic E-state index is -0.503. The van der Waals surface area contributed by atoms with Gasteiger partial charge >= 0.3 is 0 Å². The number of hydrogen-bond donors (Lipinski definition) is 2. The molecule has 110 valence electrons. The van der Waals surface area contributed by atoms with Crippen molar-refractivity contribution in [2.45, 2.75) is 26.3 Å². The molecule has 0 radical (unpaired) electrons. The quantitative estimate of drug-likeness (QED) is 0.719. The van der Waals surface area contributed by atoms with Crippen molar-refractivity contribution in [3.63, 3.8) is 0 Å². The van der Waals surface area contributed by atoms with Crippen LogP contribution >= 0.6 is 0 Å². The van der Waals surface area contributed by atoms with Gasteiger partial charge in [-0.3, -0.25) is 14.9 Å². The number of carbonyl (C=O) groups excluding carboxylic acids is 2. The van der Waals surface area contributed by atoms with E-state index in [1.165, 1.54) is 0 Å². The van der Waals surface area contributed by atoms with Crippen LogP contribution in [-0.4, -0.2) is 51.8 Å². The number of guanidine groups is 1. The average Bonchev–Trinajstić information content (AvgIpc) is 2.39. The number of piperazine rings is 1. The molecule has 1 aromatic rings. The Kier molecular flexibility index (Phi) is 3.28. The summed E-state index contributed by atoms with van der Waals surface area (Å²) in [6.07, 6.45) is 0.137. The Morgan fingerprint density at radius 2 is 2.00 bits per heavy atom. The molecule has 2 N–H and O–H groups in total. The van der Waals surface area contributed by atoms with Gasteiger partial charge in [0.15, 0.2) is 0 Å². The molecule has 3 heterocycles. The van der Waals surface area contributed by atoms with E-state index in [0.29, 0.717) is 19.0 Å². The molecule has 2 aliphatic rings. The molecule has 0 saturated carbocycles. The number of nitrogens with one attached hydrogen (secondary N) is 2. The third kappa shape index (κ3) is 2.69. The van der Waals surface area contributed by atoms with Crippen LogP contribution in [0.15, 0.2) is 11.1 Å². The van der Waals surface area contributed by atoms with E-state index in [1.54, 1.807) is 4.90 Å². The third-order valence-corrected chi connectivity index (χ3v) is 3.41. The number of aliphatic imine (C=N–C) groups is 1. The number of aromatic nitrogens is 2. The van der Waals surface area contributed by atoms with E-state index in [2.05, 4.69) is 25.6 Å². The molecule has 0 aliphatic carbocycles. The Labute approximate surface area is 121 Å². The lowest BCUT2D eigenvalue weighted by Gasteiger charge is -2.39. The Morgan fingerprint density at radius 1 is 1.29 bits per heavy atom. The standard InChI is InChI=1S/C13H16N6O2/c1-7-5-8(2)16-12(15-7)18-13-17-10(20)6-9-11(21)14-3-4-19(9)13/h5,9H,3-4,6H2,1-2H3,(H,14,21)(H,15,16,17,18,20)/t9-/m1/s1. The topological polar surface area (TPSA) is 99.6 Å². The zero-order valence-corrected chi connectivity index (χ0v) is 11.9. The van der Waals surface area contributed by atoms with Gasteiger partial charge in [0.1, 0.15) is 6.04 Å². The van der Waals surface area contributed by atoms with Crippen molar-refractivity contribution in [3.8, 4) is 0 Å². The summed E-state index contributed by atoms with van der Waals surface area (Å²) in [4.78, 5) is 38.2. The first-order valence-electron chi connectivity index (χ1n) is 6.78. The number of amides is 2. The van der Waals surface area contributed by atoms with Crippen LogP contribution in [0.3, 0.4) is 0 Å². The summed E-state index contributed by atoms with van der Waals surface area (Å²) in [7, 11) is 0. The minimum Gasteiger partial charge on any atom is -0.353 e. The molecule has 1 aromatic heterocycles. The van der Waals surface area contributed by atoms with Gasteiger partial charge in [0.2, 0.25) is 17.8 Å². The molecule has 2 fully saturated rings. The highest BCUT2D eigenvalue weighted by molar-refractivity contribution is 6.05. The van der Waals surface area contributed by atoms with E-state index >= 15 is 0 Å². The Bertz CT molecular complexity index is 621. The maximum absolute atomic E-state index is 11.9. The minimum absolute atomic E-state index is 0.137. The molecule has 21 heavy (non-hydrogen) atoms. The second-order valence-electron chi connectivity index (χ2n) is 5.14. The van der Waals surface area contributed by atoms with Crippen LogP contribution in [-0.2, 0) is 9.59 Å². The molecular weight excluding hydrogens is 272 g/mol. The lowest BCUT2D eigenvalue weighted by molar-refractivity contribution is -0.133. The summed E-state index contributed by atoms with van der Waals surface area (Å²) in [5.41, 5.74) is 1.61. The van der Waals surface area contributed by atoms with E-state index in [1.807, 2.05) is 19.9 Å². The van der Waals surface area contributed by atoms with Crippen molar-refractivity contribution in [2.24, 2.45) is 4.99 Å². The smallest absolute Gasteiger partial charge is 0.253 e. The van der Waals surface area contributed by atoms with Crippen molar-refractivity contribution >= 4 is 23.7 Å². The van der Waals surface area contributed by atoms with Gasteiger partial charge in [-0.2, -0.15) is 4.99 Å². The largest absolute Gasteiger partial charge is 0.353 e. The number of fused-ring (bicyclic) bond motifs is 1. The molecule has 2 aliphatic heterocycles. The number of nitrogens with zero attached hydrogens (tertiary/aromatic N) is 4. The fraction of sp³-hybridized carbons (Fsp3) is 0.462. The molecule has 0 spiro atoms. The highest BCUT2D eigenvalue weighted by atomic mass is 16.2. The van der Waals surface area contributed by atoms with Crippen LogP contribution in [0.5, 0.6) is 0 Å². The third-order valence-electron chi connectivity index (χ3n) is 3.41. The van der Waals surface area contributed by atoms with Crippen LogP contribution in [0.25, 0.3) is 0 Å². The Balaban J connectivity index is 1.96. The molecule has 8 heteroatoms. The summed E-state index contributed by atoms with van der Waals surface area (Å²) in [5.74, 6) is 0.257. The van der Waals surface area contributed by atoms with Crippen molar-refractivity contribution in [1.29, 1.82) is 0 Å². The van der Waals surface area contributed by atoms with Crippen LogP contribution in [0, 0.1) is 13.8 Å².